The summed E-state index contributed by atoms with van der Waals surface area (Å²) < 4.78 is 30.8. The first-order chi connectivity index (χ1) is 32.5. The Kier molecular flexibility index (Phi) is 15.7. The van der Waals surface area contributed by atoms with Crippen LogP contribution in [0.25, 0.3) is 11.3 Å². The van der Waals surface area contributed by atoms with E-state index in [0.29, 0.717) is 47.9 Å². The van der Waals surface area contributed by atoms with Gasteiger partial charge in [0.05, 0.1) is 43.0 Å². The molecule has 360 valence electrons. The summed E-state index contributed by atoms with van der Waals surface area (Å²) in [7, 11) is 8.94. The fourth-order valence-electron chi connectivity index (χ4n) is 9.17. The number of amides is 4. The fraction of sp³-hybridized carbons (Fsp3) is 0.400. The SMILES string of the molecule is COC[C@@H]1NC(=O)[C@H](C)N(Cc2c(F)cc(Cl)cc2Oc2ccc(-c3cnc(CN(C)C)n3C)cc2)C(=O)C[C@@H](Cc2cccc[n+]2[O-])C(=O)N2CCC[C@@](Cc3ccc(Cl)cc3)(C2)N(C)C1=O. The molecule has 4 amide bonds. The van der Waals surface area contributed by atoms with Crippen LogP contribution in [0, 0.1) is 16.9 Å². The zero-order chi connectivity index (χ0) is 48.9. The minimum atomic E-state index is -1.33. The van der Waals surface area contributed by atoms with Crippen LogP contribution >= 0.6 is 23.2 Å². The molecule has 7 rings (SSSR count). The number of halogens is 3. The van der Waals surface area contributed by atoms with Crippen LogP contribution in [-0.4, -0.2) is 118 Å². The van der Waals surface area contributed by atoms with Gasteiger partial charge in [0, 0.05) is 80.4 Å². The average molecular weight is 972 g/mol. The van der Waals surface area contributed by atoms with E-state index < -0.39 is 66.0 Å². The highest BCUT2D eigenvalue weighted by Gasteiger charge is 2.46. The molecule has 2 saturated heterocycles. The van der Waals surface area contributed by atoms with Crippen molar-refractivity contribution in [2.75, 3.05) is 47.9 Å². The third-order valence-corrected chi connectivity index (χ3v) is 13.4. The molecule has 2 aliphatic rings. The van der Waals surface area contributed by atoms with E-state index in [4.69, 9.17) is 32.7 Å². The van der Waals surface area contributed by atoms with E-state index in [0.717, 1.165) is 33.6 Å². The van der Waals surface area contributed by atoms with E-state index >= 15 is 9.18 Å². The van der Waals surface area contributed by atoms with Gasteiger partial charge in [0.1, 0.15) is 35.2 Å². The summed E-state index contributed by atoms with van der Waals surface area (Å²) >= 11 is 12.7. The monoisotopic (exact) mass is 970 g/mol. The number of methoxy groups -OCH3 is 1. The van der Waals surface area contributed by atoms with Gasteiger partial charge in [0.15, 0.2) is 11.9 Å². The molecule has 2 aliphatic heterocycles. The number of imidazole rings is 1. The number of piperidine rings is 1. The Morgan fingerprint density at radius 3 is 2.41 bits per heavy atom. The molecule has 5 aromatic rings. The maximum Gasteiger partial charge on any atom is 0.247 e. The number of pyridine rings is 1. The summed E-state index contributed by atoms with van der Waals surface area (Å²) in [5.74, 6) is -2.98. The molecule has 4 atom stereocenters. The molecule has 2 fully saturated rings. The van der Waals surface area contributed by atoms with Crippen LogP contribution < -0.4 is 14.8 Å². The molecule has 0 radical (unpaired) electrons. The summed E-state index contributed by atoms with van der Waals surface area (Å²) in [6.07, 6.45) is 3.92. The molecule has 2 bridgehead atoms. The second-order valence-corrected chi connectivity index (χ2v) is 18.8. The third kappa shape index (κ3) is 11.3. The Labute approximate surface area is 405 Å². The lowest BCUT2D eigenvalue weighted by atomic mass is 9.80. The predicted molar refractivity (Wildman–Crippen MR) is 255 cm³/mol. The molecule has 0 saturated carbocycles. The molecule has 15 nitrogen and oxygen atoms in total. The maximum atomic E-state index is 16.4. The Morgan fingerprint density at radius 2 is 1.72 bits per heavy atom. The van der Waals surface area contributed by atoms with Gasteiger partial charge in [-0.25, -0.2) is 9.37 Å². The van der Waals surface area contributed by atoms with Gasteiger partial charge in [0.25, 0.3) is 0 Å². The van der Waals surface area contributed by atoms with Gasteiger partial charge in [-0.15, -0.1) is 0 Å². The molecule has 18 heteroatoms. The lowest BCUT2D eigenvalue weighted by Gasteiger charge is -2.50. The van der Waals surface area contributed by atoms with E-state index in [1.165, 1.54) is 26.3 Å². The highest BCUT2D eigenvalue weighted by molar-refractivity contribution is 6.31. The van der Waals surface area contributed by atoms with E-state index in [-0.39, 0.29) is 41.6 Å². The number of nitrogens with zero attached hydrogens (tertiary/aromatic N) is 7. The predicted octanol–water partition coefficient (Wildman–Crippen LogP) is 6.19. The van der Waals surface area contributed by atoms with Gasteiger partial charge in [0.2, 0.25) is 23.6 Å². The molecule has 68 heavy (non-hydrogen) atoms. The number of hydrogen-bond acceptors (Lipinski definition) is 9. The third-order valence-electron chi connectivity index (χ3n) is 13.0. The summed E-state index contributed by atoms with van der Waals surface area (Å²) in [6.45, 7) is 1.83. The van der Waals surface area contributed by atoms with Gasteiger partial charge in [-0.05, 0) is 94.4 Å². The zero-order valence-electron chi connectivity index (χ0n) is 39.1. The number of hydrogen-bond donors (Lipinski definition) is 1. The fourth-order valence-corrected chi connectivity index (χ4v) is 9.49. The van der Waals surface area contributed by atoms with Crippen molar-refractivity contribution in [3.8, 4) is 22.8 Å². The molecule has 2 aromatic heterocycles. The molecular formula is C50H57Cl2FN8O7. The van der Waals surface area contributed by atoms with Crippen molar-refractivity contribution in [3.05, 3.63) is 135 Å². The number of likely N-dealkylation sites (N-methyl/N-ethyl adjacent to an activating group) is 1. The number of nitrogens with one attached hydrogen (secondary N) is 1. The van der Waals surface area contributed by atoms with E-state index in [2.05, 4.69) is 10.3 Å². The minimum Gasteiger partial charge on any atom is -0.619 e. The number of rotatable bonds is 13. The van der Waals surface area contributed by atoms with Crippen molar-refractivity contribution in [2.24, 2.45) is 13.0 Å². The molecule has 0 aliphatic carbocycles. The first kappa shape index (κ1) is 49.8. The van der Waals surface area contributed by atoms with Crippen molar-refractivity contribution in [3.63, 3.8) is 0 Å². The number of carbonyl (C=O) groups is 4. The molecule has 1 N–H and O–H groups in total. The first-order valence-electron chi connectivity index (χ1n) is 22.4. The number of carbonyl (C=O) groups excluding carboxylic acids is 4. The first-order valence-corrected chi connectivity index (χ1v) is 23.2. The van der Waals surface area contributed by atoms with Gasteiger partial charge < -0.3 is 44.2 Å². The number of benzene rings is 3. The van der Waals surface area contributed by atoms with Crippen LogP contribution in [-0.2, 0) is 56.9 Å². The largest absolute Gasteiger partial charge is 0.619 e. The molecule has 0 spiro atoms. The topological polar surface area (TPSA) is 156 Å². The molecule has 4 heterocycles. The summed E-state index contributed by atoms with van der Waals surface area (Å²) in [4.78, 5) is 70.3. The van der Waals surface area contributed by atoms with E-state index in [1.807, 2.05) is 54.9 Å². The molecule has 3 aromatic carbocycles. The highest BCUT2D eigenvalue weighted by Crippen LogP contribution is 2.36. The normalized spacial score (nSPS) is 20.7. The van der Waals surface area contributed by atoms with Crippen molar-refractivity contribution < 1.29 is 37.8 Å². The number of aromatic nitrogens is 3. The second-order valence-electron chi connectivity index (χ2n) is 18.0. The number of ether oxygens (including phenoxy) is 2. The van der Waals surface area contributed by atoms with Crippen LogP contribution in [0.5, 0.6) is 11.5 Å². The van der Waals surface area contributed by atoms with Gasteiger partial charge >= 0.3 is 0 Å². The summed E-state index contributed by atoms with van der Waals surface area (Å²) in [5, 5.41) is 16.5. The Bertz CT molecular complexity index is 2630. The standard InChI is InChI=1S/C50H57Cl2FN8O7/c1-32-47(63)55-42(30-67-6)49(65)58(5)50(26-33-11-15-36(51)16-12-33)19-9-20-59(31-50)48(64)35(22-38-10-7-8-21-61(38)66)23-46(62)60(32)28-40-41(53)24-37(52)25-44(40)68-39-17-13-34(14-18-39)43-27-54-45(57(43)4)29-56(2)3/h7-8,10-18,21,24-25,27,32,35,42H,9,19-20,22-23,26,28-31H2,1-6H3,(H,55,63)/t32-,35+,42-,50+/m0/s1. The van der Waals surface area contributed by atoms with Crippen LogP contribution in [0.15, 0.2) is 91.3 Å². The van der Waals surface area contributed by atoms with E-state index in [1.54, 1.807) is 65.5 Å². The molecular weight excluding hydrogens is 915 g/mol. The van der Waals surface area contributed by atoms with Crippen molar-refractivity contribution in [1.82, 2.24) is 34.5 Å². The van der Waals surface area contributed by atoms with Crippen molar-refractivity contribution >= 4 is 46.8 Å². The van der Waals surface area contributed by atoms with Gasteiger partial charge in [-0.2, -0.15) is 4.73 Å². The van der Waals surface area contributed by atoms with Crippen LogP contribution in [0.3, 0.4) is 0 Å². The Morgan fingerprint density at radius 1 is 0.985 bits per heavy atom. The summed E-state index contributed by atoms with van der Waals surface area (Å²) in [5.41, 5.74) is 1.82. The Hall–Kier alpha value is -6.07. The van der Waals surface area contributed by atoms with Crippen LogP contribution in [0.4, 0.5) is 4.39 Å². The molecule has 0 unspecified atom stereocenters. The van der Waals surface area contributed by atoms with E-state index in [9.17, 15) is 19.6 Å². The maximum absolute atomic E-state index is 16.4. The van der Waals surface area contributed by atoms with Crippen LogP contribution in [0.2, 0.25) is 10.0 Å². The lowest BCUT2D eigenvalue weighted by Crippen LogP contribution is -2.65. The highest BCUT2D eigenvalue weighted by atomic mass is 35.5. The smallest absolute Gasteiger partial charge is 0.247 e. The van der Waals surface area contributed by atoms with Crippen molar-refractivity contribution in [1.29, 1.82) is 0 Å². The average Bonchev–Trinajstić information content (AvgIpc) is 3.66. The Balaban J connectivity index is 1.26. The number of fused-ring (bicyclic) bond motifs is 2. The van der Waals surface area contributed by atoms with Crippen LogP contribution in [0.1, 0.15) is 48.8 Å². The van der Waals surface area contributed by atoms with Crippen molar-refractivity contribution in [2.45, 2.75) is 69.7 Å². The van der Waals surface area contributed by atoms with Gasteiger partial charge in [-0.3, -0.25) is 19.2 Å². The quantitative estimate of drug-likeness (QED) is 0.107. The van der Waals surface area contributed by atoms with Gasteiger partial charge in [-0.1, -0.05) is 41.4 Å². The summed E-state index contributed by atoms with van der Waals surface area (Å²) in [6, 6.07) is 19.2. The minimum absolute atomic E-state index is 0.0138. The second kappa shape index (κ2) is 21.5. The zero-order valence-corrected chi connectivity index (χ0v) is 40.6. The lowest BCUT2D eigenvalue weighted by molar-refractivity contribution is -0.614.